The molecule has 0 aliphatic carbocycles. The summed E-state index contributed by atoms with van der Waals surface area (Å²) in [4.78, 5) is 24.6. The fourth-order valence-electron chi connectivity index (χ4n) is 4.01. The first-order valence-corrected chi connectivity index (χ1v) is 13.8. The third-order valence-corrected chi connectivity index (χ3v) is 9.96. The molecule has 170 valence electrons. The maximum absolute atomic E-state index is 14.0. The van der Waals surface area contributed by atoms with Gasteiger partial charge in [-0.15, -0.1) is 11.3 Å². The molecule has 3 aromatic heterocycles. The Morgan fingerprint density at radius 1 is 1.09 bits per heavy atom. The molecule has 0 radical (unpaired) electrons. The summed E-state index contributed by atoms with van der Waals surface area (Å²) >= 11 is 2.60. The van der Waals surface area contributed by atoms with E-state index in [1.54, 1.807) is 28.6 Å². The molecule has 33 heavy (non-hydrogen) atoms. The van der Waals surface area contributed by atoms with Crippen molar-refractivity contribution in [2.45, 2.75) is 36.1 Å². The average molecular weight is 499 g/mol. The second-order valence-corrected chi connectivity index (χ2v) is 11.8. The number of pyridine rings is 1. The number of fused-ring (bicyclic) bond motifs is 1. The molecular weight excluding hydrogens is 476 g/mol. The summed E-state index contributed by atoms with van der Waals surface area (Å²) in [7, 11) is -3.75. The minimum atomic E-state index is -3.75. The van der Waals surface area contributed by atoms with Gasteiger partial charge in [0, 0.05) is 12.7 Å². The summed E-state index contributed by atoms with van der Waals surface area (Å²) in [5, 5.41) is 2.29. The zero-order valence-electron chi connectivity index (χ0n) is 17.7. The van der Waals surface area contributed by atoms with Crippen molar-refractivity contribution in [3.63, 3.8) is 0 Å². The molecule has 0 bridgehead atoms. The molecule has 0 saturated carbocycles. The Morgan fingerprint density at radius 3 is 2.70 bits per heavy atom. The number of carbonyl (C=O) groups is 1. The number of anilines is 1. The van der Waals surface area contributed by atoms with Crippen LogP contribution in [0.5, 0.6) is 0 Å². The fourth-order valence-corrected chi connectivity index (χ4v) is 7.75. The normalized spacial score (nSPS) is 17.3. The standard InChI is InChI=1S/C23H22N4O3S3/c28-22(19-10-4-6-14-27(19)33(29,30)21-12-7-15-31-21)26(16-17-8-3-5-13-24-17)23-25-18-9-1-2-11-20(18)32-23/h1-3,5,7-9,11-13,15,19H,4,6,10,14,16H2. The average Bonchev–Trinajstić information content (AvgIpc) is 3.53. The number of benzene rings is 1. The number of amides is 1. The maximum atomic E-state index is 14.0. The topological polar surface area (TPSA) is 83.5 Å². The second kappa shape index (κ2) is 9.30. The minimum absolute atomic E-state index is 0.225. The number of thiophene rings is 1. The number of aromatic nitrogens is 2. The van der Waals surface area contributed by atoms with Crippen LogP contribution in [-0.4, -0.2) is 41.2 Å². The summed E-state index contributed by atoms with van der Waals surface area (Å²) in [6, 6.07) is 15.8. The zero-order chi connectivity index (χ0) is 22.8. The van der Waals surface area contributed by atoms with E-state index in [4.69, 9.17) is 4.98 Å². The molecule has 1 aliphatic heterocycles. The van der Waals surface area contributed by atoms with Gasteiger partial charge in [-0.25, -0.2) is 13.4 Å². The molecule has 1 aliphatic rings. The van der Waals surface area contributed by atoms with Crippen LogP contribution in [0.25, 0.3) is 10.2 Å². The molecule has 4 aromatic rings. The van der Waals surface area contributed by atoms with Crippen molar-refractivity contribution in [2.75, 3.05) is 11.4 Å². The van der Waals surface area contributed by atoms with Crippen molar-refractivity contribution in [1.82, 2.24) is 14.3 Å². The third-order valence-electron chi connectivity index (χ3n) is 5.62. The number of thiazole rings is 1. The van der Waals surface area contributed by atoms with Gasteiger partial charge < -0.3 is 0 Å². The predicted octanol–water partition coefficient (Wildman–Crippen LogP) is 4.53. The summed E-state index contributed by atoms with van der Waals surface area (Å²) in [6.07, 6.45) is 3.69. The first-order valence-electron chi connectivity index (χ1n) is 10.7. The zero-order valence-corrected chi connectivity index (χ0v) is 20.2. The van der Waals surface area contributed by atoms with E-state index in [2.05, 4.69) is 4.98 Å². The van der Waals surface area contributed by atoms with Gasteiger partial charge in [0.2, 0.25) is 5.91 Å². The molecule has 0 spiro atoms. The molecule has 1 saturated heterocycles. The highest BCUT2D eigenvalue weighted by atomic mass is 32.2. The van der Waals surface area contributed by atoms with Crippen molar-refractivity contribution < 1.29 is 13.2 Å². The Kier molecular flexibility index (Phi) is 6.24. The molecule has 0 N–H and O–H groups in total. The summed E-state index contributed by atoms with van der Waals surface area (Å²) in [5.41, 5.74) is 1.52. The van der Waals surface area contributed by atoms with Gasteiger partial charge in [-0.05, 0) is 48.6 Å². The Hall–Kier alpha value is -2.66. The molecule has 1 aromatic carbocycles. The highest BCUT2D eigenvalue weighted by Gasteiger charge is 2.40. The summed E-state index contributed by atoms with van der Waals surface area (Å²) in [5.74, 6) is -0.264. The summed E-state index contributed by atoms with van der Waals surface area (Å²) in [6.45, 7) is 0.552. The van der Waals surface area contributed by atoms with Crippen LogP contribution in [0.3, 0.4) is 0 Å². The molecule has 1 amide bonds. The van der Waals surface area contributed by atoms with Gasteiger partial charge in [0.05, 0.1) is 22.5 Å². The summed E-state index contributed by atoms with van der Waals surface area (Å²) < 4.78 is 29.3. The van der Waals surface area contributed by atoms with Crippen molar-refractivity contribution in [2.24, 2.45) is 0 Å². The van der Waals surface area contributed by atoms with Crippen LogP contribution in [0.4, 0.5) is 5.13 Å². The molecule has 10 heteroatoms. The molecular formula is C23H22N4O3S3. The van der Waals surface area contributed by atoms with Gasteiger partial charge >= 0.3 is 0 Å². The maximum Gasteiger partial charge on any atom is 0.253 e. The first kappa shape index (κ1) is 22.1. The molecule has 7 nitrogen and oxygen atoms in total. The number of nitrogens with zero attached hydrogens (tertiary/aromatic N) is 4. The third kappa shape index (κ3) is 4.43. The highest BCUT2D eigenvalue weighted by molar-refractivity contribution is 7.91. The molecule has 1 atom stereocenters. The van der Waals surface area contributed by atoms with Crippen molar-refractivity contribution in [3.8, 4) is 0 Å². The second-order valence-electron chi connectivity index (χ2n) is 7.77. The molecule has 4 heterocycles. The van der Waals surface area contributed by atoms with Crippen LogP contribution in [0.2, 0.25) is 0 Å². The lowest BCUT2D eigenvalue weighted by Crippen LogP contribution is -2.52. The van der Waals surface area contributed by atoms with E-state index in [1.807, 2.05) is 42.5 Å². The van der Waals surface area contributed by atoms with Crippen LogP contribution in [-0.2, 0) is 21.4 Å². The van der Waals surface area contributed by atoms with Gasteiger partial charge in [-0.3, -0.25) is 14.7 Å². The van der Waals surface area contributed by atoms with Crippen LogP contribution >= 0.6 is 22.7 Å². The fraction of sp³-hybridized carbons (Fsp3) is 0.261. The van der Waals surface area contributed by atoms with Gasteiger partial charge in [-0.1, -0.05) is 42.0 Å². The Morgan fingerprint density at radius 2 is 1.94 bits per heavy atom. The number of piperidine rings is 1. The van der Waals surface area contributed by atoms with E-state index in [0.717, 1.165) is 23.1 Å². The van der Waals surface area contributed by atoms with E-state index in [0.29, 0.717) is 23.8 Å². The van der Waals surface area contributed by atoms with Gasteiger partial charge in [-0.2, -0.15) is 4.31 Å². The predicted molar refractivity (Wildman–Crippen MR) is 131 cm³/mol. The Bertz CT molecular complexity index is 1320. The monoisotopic (exact) mass is 498 g/mol. The first-order chi connectivity index (χ1) is 16.0. The van der Waals surface area contributed by atoms with E-state index >= 15 is 0 Å². The molecule has 1 unspecified atom stereocenters. The highest BCUT2D eigenvalue weighted by Crippen LogP contribution is 2.33. The van der Waals surface area contributed by atoms with Crippen molar-refractivity contribution >= 4 is 54.0 Å². The number of hydrogen-bond donors (Lipinski definition) is 0. The van der Waals surface area contributed by atoms with Crippen molar-refractivity contribution in [1.29, 1.82) is 0 Å². The lowest BCUT2D eigenvalue weighted by Gasteiger charge is -2.35. The van der Waals surface area contributed by atoms with Crippen LogP contribution in [0, 0.1) is 0 Å². The molecule has 5 rings (SSSR count). The van der Waals surface area contributed by atoms with E-state index in [-0.39, 0.29) is 16.7 Å². The SMILES string of the molecule is O=C(C1CCCCN1S(=O)(=O)c1cccs1)N(Cc1ccccn1)c1nc2ccccc2s1. The van der Waals surface area contributed by atoms with Crippen LogP contribution in [0.1, 0.15) is 25.0 Å². The number of hydrogen-bond acceptors (Lipinski definition) is 7. The number of sulfonamides is 1. The van der Waals surface area contributed by atoms with Gasteiger partial charge in [0.15, 0.2) is 5.13 Å². The van der Waals surface area contributed by atoms with Gasteiger partial charge in [0.1, 0.15) is 10.3 Å². The number of rotatable bonds is 6. The lowest BCUT2D eigenvalue weighted by atomic mass is 10.0. The largest absolute Gasteiger partial charge is 0.281 e. The van der Waals surface area contributed by atoms with E-state index in [9.17, 15) is 13.2 Å². The molecule has 1 fully saturated rings. The Balaban J connectivity index is 1.53. The van der Waals surface area contributed by atoms with Crippen molar-refractivity contribution in [3.05, 3.63) is 71.9 Å². The van der Waals surface area contributed by atoms with E-state index < -0.39 is 16.1 Å². The number of carbonyl (C=O) groups excluding carboxylic acids is 1. The van der Waals surface area contributed by atoms with Crippen LogP contribution < -0.4 is 4.90 Å². The smallest absolute Gasteiger partial charge is 0.253 e. The number of para-hydroxylation sites is 1. The van der Waals surface area contributed by atoms with Gasteiger partial charge in [0.25, 0.3) is 10.0 Å². The van der Waals surface area contributed by atoms with E-state index in [1.165, 1.54) is 27.0 Å². The Labute approximate surface area is 200 Å². The minimum Gasteiger partial charge on any atom is -0.281 e. The van der Waals surface area contributed by atoms with Crippen LogP contribution in [0.15, 0.2) is 70.4 Å². The lowest BCUT2D eigenvalue weighted by molar-refractivity contribution is -0.123. The quantitative estimate of drug-likeness (QED) is 0.390.